The van der Waals surface area contributed by atoms with Gasteiger partial charge in [-0.25, -0.2) is 4.39 Å². The minimum atomic E-state index is -0.485. The summed E-state index contributed by atoms with van der Waals surface area (Å²) >= 11 is 1.33. The summed E-state index contributed by atoms with van der Waals surface area (Å²) in [6, 6.07) is 4.61. The van der Waals surface area contributed by atoms with Crippen LogP contribution in [-0.2, 0) is 6.42 Å². The zero-order valence-electron chi connectivity index (χ0n) is 12.1. The van der Waals surface area contributed by atoms with E-state index in [1.165, 1.54) is 17.4 Å². The van der Waals surface area contributed by atoms with Crippen LogP contribution in [-0.4, -0.2) is 16.1 Å². The van der Waals surface area contributed by atoms with Crippen LogP contribution >= 0.6 is 11.3 Å². The van der Waals surface area contributed by atoms with E-state index in [0.29, 0.717) is 16.1 Å². The molecule has 2 heterocycles. The first-order chi connectivity index (χ1) is 10.6. The molecule has 22 heavy (non-hydrogen) atoms. The van der Waals surface area contributed by atoms with Gasteiger partial charge in [-0.1, -0.05) is 30.4 Å². The SMILES string of the molecule is CCCc1nnc(NC(=O)c2oc3c(F)cccc3c2C)s1. The first-order valence-corrected chi connectivity index (χ1v) is 7.73. The van der Waals surface area contributed by atoms with E-state index in [-0.39, 0.29) is 11.3 Å². The zero-order chi connectivity index (χ0) is 15.7. The molecule has 0 aliphatic carbocycles. The Kier molecular flexibility index (Phi) is 3.89. The molecule has 5 nitrogen and oxygen atoms in total. The van der Waals surface area contributed by atoms with E-state index in [1.54, 1.807) is 19.1 Å². The maximum atomic E-state index is 13.7. The zero-order valence-corrected chi connectivity index (χ0v) is 13.0. The Bertz CT molecular complexity index is 841. The van der Waals surface area contributed by atoms with Gasteiger partial charge in [-0.05, 0) is 19.4 Å². The molecule has 0 bridgehead atoms. The van der Waals surface area contributed by atoms with Crippen LogP contribution in [0.5, 0.6) is 0 Å². The second kappa shape index (κ2) is 5.84. The number of hydrogen-bond acceptors (Lipinski definition) is 5. The summed E-state index contributed by atoms with van der Waals surface area (Å²) in [6.45, 7) is 3.77. The number of para-hydroxylation sites is 1. The second-order valence-corrected chi connectivity index (χ2v) is 5.94. The van der Waals surface area contributed by atoms with E-state index >= 15 is 0 Å². The number of aryl methyl sites for hydroxylation is 2. The molecule has 3 rings (SSSR count). The summed E-state index contributed by atoms with van der Waals surface area (Å²) in [6.07, 6.45) is 1.78. The van der Waals surface area contributed by atoms with Gasteiger partial charge in [0.15, 0.2) is 17.2 Å². The van der Waals surface area contributed by atoms with Crippen LogP contribution in [0.1, 0.15) is 34.5 Å². The second-order valence-electron chi connectivity index (χ2n) is 4.88. The number of halogens is 1. The Morgan fingerprint density at radius 2 is 2.23 bits per heavy atom. The minimum Gasteiger partial charge on any atom is -0.448 e. The predicted octanol–water partition coefficient (Wildman–Crippen LogP) is 3.94. The van der Waals surface area contributed by atoms with Gasteiger partial charge in [-0.3, -0.25) is 10.1 Å². The Balaban J connectivity index is 1.88. The Hall–Kier alpha value is -2.28. The Morgan fingerprint density at radius 3 is 2.95 bits per heavy atom. The topological polar surface area (TPSA) is 68.0 Å². The highest BCUT2D eigenvalue weighted by Crippen LogP contribution is 2.28. The quantitative estimate of drug-likeness (QED) is 0.791. The number of benzene rings is 1. The van der Waals surface area contributed by atoms with E-state index < -0.39 is 11.7 Å². The molecule has 0 aliphatic rings. The molecule has 0 unspecified atom stereocenters. The standard InChI is InChI=1S/C15H14FN3O2S/c1-3-5-11-18-19-15(22-11)17-14(20)12-8(2)9-6-4-7-10(16)13(9)21-12/h4,6-7H,3,5H2,1-2H3,(H,17,19,20). The summed E-state index contributed by atoms with van der Waals surface area (Å²) in [5.74, 6) is -0.847. The van der Waals surface area contributed by atoms with Crippen molar-refractivity contribution in [3.63, 3.8) is 0 Å². The van der Waals surface area contributed by atoms with Crippen molar-refractivity contribution in [2.75, 3.05) is 5.32 Å². The molecular formula is C15H14FN3O2S. The summed E-state index contributed by atoms with van der Waals surface area (Å²) < 4.78 is 19.1. The lowest BCUT2D eigenvalue weighted by Gasteiger charge is -1.98. The number of fused-ring (bicyclic) bond motifs is 1. The molecule has 114 valence electrons. The van der Waals surface area contributed by atoms with E-state index in [2.05, 4.69) is 15.5 Å². The number of hydrogen-bond donors (Lipinski definition) is 1. The molecule has 2 aromatic heterocycles. The largest absolute Gasteiger partial charge is 0.448 e. The third-order valence-electron chi connectivity index (χ3n) is 3.27. The number of furan rings is 1. The van der Waals surface area contributed by atoms with Crippen LogP contribution in [0.3, 0.4) is 0 Å². The molecule has 0 aliphatic heterocycles. The maximum absolute atomic E-state index is 13.7. The minimum absolute atomic E-state index is 0.0901. The fourth-order valence-electron chi connectivity index (χ4n) is 2.20. The van der Waals surface area contributed by atoms with Gasteiger partial charge >= 0.3 is 0 Å². The number of anilines is 1. The van der Waals surface area contributed by atoms with Crippen molar-refractivity contribution in [1.82, 2.24) is 10.2 Å². The van der Waals surface area contributed by atoms with Crippen LogP contribution < -0.4 is 5.32 Å². The lowest BCUT2D eigenvalue weighted by atomic mass is 10.1. The molecular weight excluding hydrogens is 305 g/mol. The average Bonchev–Trinajstić information content (AvgIpc) is 3.06. The van der Waals surface area contributed by atoms with Crippen LogP contribution in [0, 0.1) is 12.7 Å². The van der Waals surface area contributed by atoms with E-state index in [1.807, 2.05) is 6.92 Å². The summed E-state index contributed by atoms with van der Waals surface area (Å²) in [4.78, 5) is 12.3. The van der Waals surface area contributed by atoms with E-state index in [9.17, 15) is 9.18 Å². The molecule has 0 radical (unpaired) electrons. The molecule has 1 N–H and O–H groups in total. The molecule has 1 amide bonds. The van der Waals surface area contributed by atoms with Crippen LogP contribution in [0.2, 0.25) is 0 Å². The number of carbonyl (C=O) groups excluding carboxylic acids is 1. The number of aromatic nitrogens is 2. The van der Waals surface area contributed by atoms with Gasteiger partial charge in [0.25, 0.3) is 5.91 Å². The number of carbonyl (C=O) groups is 1. The van der Waals surface area contributed by atoms with E-state index in [0.717, 1.165) is 17.8 Å². The van der Waals surface area contributed by atoms with Gasteiger partial charge in [0.05, 0.1) is 0 Å². The normalized spacial score (nSPS) is 11.0. The van der Waals surface area contributed by atoms with Crippen molar-refractivity contribution < 1.29 is 13.6 Å². The molecule has 1 aromatic carbocycles. The lowest BCUT2D eigenvalue weighted by molar-refractivity contribution is 0.0997. The highest BCUT2D eigenvalue weighted by molar-refractivity contribution is 7.15. The molecule has 3 aromatic rings. The van der Waals surface area contributed by atoms with Gasteiger partial charge in [-0.15, -0.1) is 10.2 Å². The molecule has 0 atom stereocenters. The Labute approximate surface area is 130 Å². The van der Waals surface area contributed by atoms with Gasteiger partial charge in [-0.2, -0.15) is 0 Å². The summed E-state index contributed by atoms with van der Waals surface area (Å²) in [5, 5.41) is 12.4. The van der Waals surface area contributed by atoms with Crippen molar-refractivity contribution in [2.24, 2.45) is 0 Å². The lowest BCUT2D eigenvalue weighted by Crippen LogP contribution is -2.11. The fraction of sp³-hybridized carbons (Fsp3) is 0.267. The first-order valence-electron chi connectivity index (χ1n) is 6.91. The Morgan fingerprint density at radius 1 is 1.41 bits per heavy atom. The number of rotatable bonds is 4. The van der Waals surface area contributed by atoms with Gasteiger partial charge in [0.1, 0.15) is 5.01 Å². The predicted molar refractivity (Wildman–Crippen MR) is 82.8 cm³/mol. The van der Waals surface area contributed by atoms with Crippen molar-refractivity contribution >= 4 is 33.3 Å². The van der Waals surface area contributed by atoms with Crippen molar-refractivity contribution in [3.05, 3.63) is 40.3 Å². The van der Waals surface area contributed by atoms with Crippen molar-refractivity contribution in [1.29, 1.82) is 0 Å². The highest BCUT2D eigenvalue weighted by Gasteiger charge is 2.20. The average molecular weight is 319 g/mol. The molecule has 0 fully saturated rings. The van der Waals surface area contributed by atoms with Crippen LogP contribution in [0.15, 0.2) is 22.6 Å². The van der Waals surface area contributed by atoms with Crippen LogP contribution in [0.4, 0.5) is 9.52 Å². The highest BCUT2D eigenvalue weighted by atomic mass is 32.1. The summed E-state index contributed by atoms with van der Waals surface area (Å²) in [5.41, 5.74) is 0.694. The smallest absolute Gasteiger partial charge is 0.293 e. The molecule has 0 saturated heterocycles. The van der Waals surface area contributed by atoms with E-state index in [4.69, 9.17) is 4.42 Å². The monoisotopic (exact) mass is 319 g/mol. The van der Waals surface area contributed by atoms with Crippen LogP contribution in [0.25, 0.3) is 11.0 Å². The fourth-order valence-corrected chi connectivity index (χ4v) is 3.03. The number of amides is 1. The van der Waals surface area contributed by atoms with Gasteiger partial charge in [0, 0.05) is 17.4 Å². The van der Waals surface area contributed by atoms with Crippen molar-refractivity contribution in [2.45, 2.75) is 26.7 Å². The maximum Gasteiger partial charge on any atom is 0.293 e. The number of nitrogens with one attached hydrogen (secondary N) is 1. The molecule has 0 saturated carbocycles. The molecule has 7 heteroatoms. The first kappa shape index (κ1) is 14.6. The van der Waals surface area contributed by atoms with Crippen molar-refractivity contribution in [3.8, 4) is 0 Å². The third kappa shape index (κ3) is 2.59. The van der Waals surface area contributed by atoms with Gasteiger partial charge in [0.2, 0.25) is 5.13 Å². The summed E-state index contributed by atoms with van der Waals surface area (Å²) in [7, 11) is 0. The third-order valence-corrected chi connectivity index (χ3v) is 4.17. The molecule has 0 spiro atoms. The number of nitrogens with zero attached hydrogens (tertiary/aromatic N) is 2. The van der Waals surface area contributed by atoms with Gasteiger partial charge < -0.3 is 4.42 Å².